The minimum absolute atomic E-state index is 0.269. The van der Waals surface area contributed by atoms with Crippen LogP contribution in [0.15, 0.2) is 30.9 Å². The van der Waals surface area contributed by atoms with E-state index in [2.05, 4.69) is 56.9 Å². The third-order valence-electron chi connectivity index (χ3n) is 4.88. The van der Waals surface area contributed by atoms with Crippen LogP contribution >= 0.6 is 0 Å². The predicted octanol–water partition coefficient (Wildman–Crippen LogP) is 3.58. The molecular formula is C20H23N5O. The Hall–Kier alpha value is -2.76. The van der Waals surface area contributed by atoms with Crippen LogP contribution in [0.3, 0.4) is 0 Å². The van der Waals surface area contributed by atoms with Crippen molar-refractivity contribution in [2.45, 2.75) is 46.1 Å². The van der Waals surface area contributed by atoms with Crippen molar-refractivity contribution in [1.82, 2.24) is 24.7 Å². The van der Waals surface area contributed by atoms with Crippen molar-refractivity contribution in [3.63, 3.8) is 0 Å². The summed E-state index contributed by atoms with van der Waals surface area (Å²) in [5.74, 6) is 1.35. The molecule has 3 aromatic rings. The van der Waals surface area contributed by atoms with Gasteiger partial charge in [0, 0.05) is 42.5 Å². The number of nitrogens with zero attached hydrogens (tertiary/aromatic N) is 4. The first-order valence-corrected chi connectivity index (χ1v) is 9.20. The second-order valence-electron chi connectivity index (χ2n) is 7.05. The molecule has 1 aliphatic rings. The highest BCUT2D eigenvalue weighted by atomic mass is 16.1. The average Bonchev–Trinajstić information content (AvgIpc) is 3.19. The summed E-state index contributed by atoms with van der Waals surface area (Å²) in [5, 5.41) is 6.92. The lowest BCUT2D eigenvalue weighted by molar-refractivity contribution is -0.119. The Morgan fingerprint density at radius 1 is 1.31 bits per heavy atom. The van der Waals surface area contributed by atoms with Gasteiger partial charge in [-0.25, -0.2) is 4.98 Å². The van der Waals surface area contributed by atoms with E-state index in [1.165, 1.54) is 6.33 Å². The molecule has 6 nitrogen and oxygen atoms in total. The highest BCUT2D eigenvalue weighted by Crippen LogP contribution is 2.32. The fraction of sp³-hybridized carbons (Fsp3) is 0.400. The predicted molar refractivity (Wildman–Crippen MR) is 99.5 cm³/mol. The SMILES string of the molecule is CCCn1cc(-c2cc(CC(=O)C3CC3)ncc2C)cc1-c1ncn[nH]1. The summed E-state index contributed by atoms with van der Waals surface area (Å²) in [6.07, 6.45) is 9.09. The van der Waals surface area contributed by atoms with Crippen LogP contribution in [0.4, 0.5) is 0 Å². The zero-order chi connectivity index (χ0) is 18.1. The van der Waals surface area contributed by atoms with Gasteiger partial charge in [-0.2, -0.15) is 5.10 Å². The van der Waals surface area contributed by atoms with Gasteiger partial charge in [0.1, 0.15) is 12.1 Å². The Kier molecular flexibility index (Phi) is 4.41. The zero-order valence-electron chi connectivity index (χ0n) is 15.2. The van der Waals surface area contributed by atoms with Crippen molar-refractivity contribution in [1.29, 1.82) is 0 Å². The summed E-state index contributed by atoms with van der Waals surface area (Å²) in [5.41, 5.74) is 5.21. The first-order valence-electron chi connectivity index (χ1n) is 9.20. The monoisotopic (exact) mass is 349 g/mol. The first kappa shape index (κ1) is 16.7. The molecule has 0 bridgehead atoms. The van der Waals surface area contributed by atoms with Gasteiger partial charge in [0.25, 0.3) is 0 Å². The number of aryl methyl sites for hydroxylation is 2. The Morgan fingerprint density at radius 2 is 2.15 bits per heavy atom. The molecule has 1 N–H and O–H groups in total. The van der Waals surface area contributed by atoms with E-state index in [1.807, 2.05) is 6.20 Å². The summed E-state index contributed by atoms with van der Waals surface area (Å²) in [4.78, 5) is 20.9. The lowest BCUT2D eigenvalue weighted by Gasteiger charge is -2.07. The standard InChI is InChI=1S/C20H23N5O/c1-3-6-25-11-15(7-18(25)20-22-12-23-24-20)17-8-16(21-10-13(17)2)9-19(26)14-4-5-14/h7-8,10-12,14H,3-6,9H2,1-2H3,(H,22,23,24). The van der Waals surface area contributed by atoms with Crippen LogP contribution in [-0.4, -0.2) is 30.5 Å². The minimum Gasteiger partial charge on any atom is -0.344 e. The number of pyridine rings is 1. The van der Waals surface area contributed by atoms with Gasteiger partial charge in [-0.3, -0.25) is 14.9 Å². The van der Waals surface area contributed by atoms with E-state index in [1.54, 1.807) is 0 Å². The number of ketones is 1. The first-order chi connectivity index (χ1) is 12.7. The second kappa shape index (κ2) is 6.86. The van der Waals surface area contributed by atoms with Gasteiger partial charge >= 0.3 is 0 Å². The van der Waals surface area contributed by atoms with Crippen molar-refractivity contribution in [3.8, 4) is 22.6 Å². The maximum absolute atomic E-state index is 12.1. The number of H-pyrrole nitrogens is 1. The Balaban J connectivity index is 1.70. The Bertz CT molecular complexity index is 922. The fourth-order valence-electron chi connectivity index (χ4n) is 3.31. The summed E-state index contributed by atoms with van der Waals surface area (Å²) in [7, 11) is 0. The number of aromatic amines is 1. The van der Waals surface area contributed by atoms with E-state index >= 15 is 0 Å². The Labute approximate surface area is 152 Å². The summed E-state index contributed by atoms with van der Waals surface area (Å²) < 4.78 is 2.20. The van der Waals surface area contributed by atoms with E-state index in [0.29, 0.717) is 12.2 Å². The third kappa shape index (κ3) is 3.31. The van der Waals surface area contributed by atoms with Gasteiger partial charge in [0.15, 0.2) is 5.82 Å². The number of carbonyl (C=O) groups is 1. The number of rotatable bonds is 7. The summed E-state index contributed by atoms with van der Waals surface area (Å²) >= 11 is 0. The molecule has 26 heavy (non-hydrogen) atoms. The normalized spacial score (nSPS) is 13.9. The van der Waals surface area contributed by atoms with Gasteiger partial charge in [0.2, 0.25) is 0 Å². The second-order valence-corrected chi connectivity index (χ2v) is 7.05. The maximum atomic E-state index is 12.1. The van der Waals surface area contributed by atoms with Crippen molar-refractivity contribution < 1.29 is 4.79 Å². The average molecular weight is 349 g/mol. The zero-order valence-corrected chi connectivity index (χ0v) is 15.2. The number of hydrogen-bond donors (Lipinski definition) is 1. The van der Waals surface area contributed by atoms with Crippen molar-refractivity contribution >= 4 is 5.78 Å². The van der Waals surface area contributed by atoms with Crippen LogP contribution in [0.25, 0.3) is 22.6 Å². The molecule has 1 saturated carbocycles. The fourth-order valence-corrected chi connectivity index (χ4v) is 3.31. The number of Topliss-reactive ketones (excluding diaryl/α,β-unsaturated/α-hetero) is 1. The van der Waals surface area contributed by atoms with Gasteiger partial charge < -0.3 is 4.57 Å². The van der Waals surface area contributed by atoms with Crippen LogP contribution in [0.1, 0.15) is 37.4 Å². The number of nitrogens with one attached hydrogen (secondary N) is 1. The highest BCUT2D eigenvalue weighted by Gasteiger charge is 2.29. The van der Waals surface area contributed by atoms with Gasteiger partial charge in [-0.05, 0) is 49.4 Å². The molecule has 4 rings (SSSR count). The van der Waals surface area contributed by atoms with Crippen molar-refractivity contribution in [3.05, 3.63) is 42.1 Å². The molecule has 1 aliphatic carbocycles. The molecule has 0 saturated heterocycles. The molecule has 0 spiro atoms. The summed E-state index contributed by atoms with van der Waals surface area (Å²) in [6.45, 7) is 5.12. The van der Waals surface area contributed by atoms with E-state index in [0.717, 1.165) is 59.7 Å². The van der Waals surface area contributed by atoms with Gasteiger partial charge in [-0.1, -0.05) is 6.92 Å². The Morgan fingerprint density at radius 3 is 2.85 bits per heavy atom. The third-order valence-corrected chi connectivity index (χ3v) is 4.88. The topological polar surface area (TPSA) is 76.5 Å². The van der Waals surface area contributed by atoms with E-state index in [-0.39, 0.29) is 5.92 Å². The molecule has 0 unspecified atom stereocenters. The number of hydrogen-bond acceptors (Lipinski definition) is 4. The molecule has 0 aromatic carbocycles. The molecular weight excluding hydrogens is 326 g/mol. The molecule has 1 fully saturated rings. The lowest BCUT2D eigenvalue weighted by atomic mass is 10.0. The quantitative estimate of drug-likeness (QED) is 0.707. The molecule has 3 heterocycles. The molecule has 3 aromatic heterocycles. The smallest absolute Gasteiger partial charge is 0.172 e. The van der Waals surface area contributed by atoms with Crippen molar-refractivity contribution in [2.75, 3.05) is 0 Å². The molecule has 6 heteroatoms. The van der Waals surface area contributed by atoms with Gasteiger partial charge in [0.05, 0.1) is 5.69 Å². The maximum Gasteiger partial charge on any atom is 0.172 e. The lowest BCUT2D eigenvalue weighted by Crippen LogP contribution is -2.06. The van der Waals surface area contributed by atoms with E-state index in [9.17, 15) is 4.79 Å². The number of carbonyl (C=O) groups excluding carboxylic acids is 1. The van der Waals surface area contributed by atoms with E-state index < -0.39 is 0 Å². The molecule has 0 amide bonds. The van der Waals surface area contributed by atoms with Crippen molar-refractivity contribution in [2.24, 2.45) is 5.92 Å². The largest absolute Gasteiger partial charge is 0.344 e. The summed E-state index contributed by atoms with van der Waals surface area (Å²) in [6, 6.07) is 4.19. The molecule has 0 radical (unpaired) electrons. The van der Waals surface area contributed by atoms with E-state index in [4.69, 9.17) is 0 Å². The number of aromatic nitrogens is 5. The van der Waals surface area contributed by atoms with Crippen LogP contribution in [0.2, 0.25) is 0 Å². The van der Waals surface area contributed by atoms with Gasteiger partial charge in [-0.15, -0.1) is 0 Å². The molecule has 0 aliphatic heterocycles. The van der Waals surface area contributed by atoms with Crippen LogP contribution < -0.4 is 0 Å². The van der Waals surface area contributed by atoms with Crippen LogP contribution in [0.5, 0.6) is 0 Å². The highest BCUT2D eigenvalue weighted by molar-refractivity contribution is 5.85. The molecule has 0 atom stereocenters. The van der Waals surface area contributed by atoms with Crippen LogP contribution in [0, 0.1) is 12.8 Å². The molecule has 134 valence electrons. The van der Waals surface area contributed by atoms with Crippen LogP contribution in [-0.2, 0) is 17.8 Å². The minimum atomic E-state index is 0.269.